The molecule has 0 aliphatic carbocycles. The Balaban J connectivity index is 2.45. The molecule has 0 amide bonds. The molecule has 0 spiro atoms. The molecule has 0 saturated carbocycles. The number of hydrogen-bond donors (Lipinski definition) is 0. The average molecular weight is 212 g/mol. The van der Waals surface area contributed by atoms with Crippen LogP contribution < -0.4 is 4.46 Å². The third kappa shape index (κ3) is 3.35. The molecule has 1 rings (SSSR count). The third-order valence-corrected chi connectivity index (χ3v) is 2.94. The predicted octanol–water partition coefficient (Wildman–Crippen LogP) is 1.33. The maximum absolute atomic E-state index is 4.05. The first-order valence-corrected chi connectivity index (χ1v) is 5.49. The summed E-state index contributed by atoms with van der Waals surface area (Å²) in [5.74, 6) is 0. The van der Waals surface area contributed by atoms with Gasteiger partial charge in [-0.15, -0.1) is 0 Å². The molecule has 0 bridgehead atoms. The number of allylic oxidation sites excluding steroid dienone is 1. The molecule has 2 heteroatoms. The Morgan fingerprint density at radius 1 is 1.64 bits per heavy atom. The van der Waals surface area contributed by atoms with Gasteiger partial charge in [-0.2, -0.15) is 0 Å². The van der Waals surface area contributed by atoms with Gasteiger partial charge in [0.15, 0.2) is 0 Å². The summed E-state index contributed by atoms with van der Waals surface area (Å²) in [5, 5.41) is 0. The van der Waals surface area contributed by atoms with Crippen LogP contribution in [0.2, 0.25) is 0 Å². The van der Waals surface area contributed by atoms with Crippen LogP contribution in [-0.2, 0) is 0 Å². The van der Waals surface area contributed by atoms with E-state index >= 15 is 0 Å². The molecule has 0 aromatic carbocycles. The molecule has 0 aliphatic heterocycles. The zero-order valence-electron chi connectivity index (χ0n) is 6.53. The molecule has 1 aromatic heterocycles. The van der Waals surface area contributed by atoms with Crippen molar-refractivity contribution in [3.63, 3.8) is 0 Å². The van der Waals surface area contributed by atoms with Crippen LogP contribution in [0.4, 0.5) is 0 Å². The fraction of sp³-hybridized carbons (Fsp3) is 0.222. The minimum atomic E-state index is 0.476. The first-order valence-electron chi connectivity index (χ1n) is 3.65. The monoisotopic (exact) mass is 213 g/mol. The molecule has 1 nitrogen and oxygen atoms in total. The van der Waals surface area contributed by atoms with Crippen molar-refractivity contribution < 1.29 is 0 Å². The van der Waals surface area contributed by atoms with Gasteiger partial charge in [-0.3, -0.25) is 0 Å². The van der Waals surface area contributed by atoms with Gasteiger partial charge in [-0.1, -0.05) is 0 Å². The van der Waals surface area contributed by atoms with E-state index in [4.69, 9.17) is 0 Å². The maximum atomic E-state index is 4.05. The molecular weight excluding hydrogens is 201 g/mol. The Morgan fingerprint density at radius 2 is 2.55 bits per heavy atom. The quantitative estimate of drug-likeness (QED) is 0.689. The van der Waals surface area contributed by atoms with Crippen LogP contribution in [0, 0.1) is 0 Å². The van der Waals surface area contributed by atoms with Crippen molar-refractivity contribution in [1.29, 1.82) is 0 Å². The number of hydrogen-bond acceptors (Lipinski definition) is 1. The molecule has 0 radical (unpaired) electrons. The summed E-state index contributed by atoms with van der Waals surface area (Å²) in [6.07, 6.45) is 7.07. The number of pyridine rings is 1. The molecule has 58 valence electrons. The molecule has 0 fully saturated rings. The third-order valence-electron chi connectivity index (χ3n) is 1.17. The molecule has 0 N–H and O–H groups in total. The summed E-state index contributed by atoms with van der Waals surface area (Å²) in [6.45, 7) is 2.15. The fourth-order valence-electron chi connectivity index (χ4n) is 0.640. The Labute approximate surface area is 73.7 Å². The van der Waals surface area contributed by atoms with Crippen LogP contribution in [0.15, 0.2) is 35.6 Å². The van der Waals surface area contributed by atoms with E-state index in [-0.39, 0.29) is 0 Å². The summed E-state index contributed by atoms with van der Waals surface area (Å²) in [7, 11) is 0. The summed E-state index contributed by atoms with van der Waals surface area (Å²) >= 11 is 0.476. The van der Waals surface area contributed by atoms with Gasteiger partial charge in [0.2, 0.25) is 0 Å². The van der Waals surface area contributed by atoms with E-state index < -0.39 is 0 Å². The van der Waals surface area contributed by atoms with E-state index in [1.165, 1.54) is 4.46 Å². The van der Waals surface area contributed by atoms with Gasteiger partial charge >= 0.3 is 73.3 Å². The molecule has 0 saturated heterocycles. The van der Waals surface area contributed by atoms with Crippen LogP contribution in [0.1, 0.15) is 13.3 Å². The standard InChI is InChI=1S/C9H11NSe/c1-2-3-7-11-9-5-4-6-10-8-9/h3-8H,2H2,1H3. The van der Waals surface area contributed by atoms with E-state index in [1.54, 1.807) is 0 Å². The predicted molar refractivity (Wildman–Crippen MR) is 49.1 cm³/mol. The van der Waals surface area contributed by atoms with Crippen molar-refractivity contribution in [2.24, 2.45) is 0 Å². The van der Waals surface area contributed by atoms with Crippen molar-refractivity contribution in [1.82, 2.24) is 4.98 Å². The Kier molecular flexibility index (Phi) is 3.95. The average Bonchev–Trinajstić information content (AvgIpc) is 2.07. The Morgan fingerprint density at radius 3 is 3.18 bits per heavy atom. The second-order valence-electron chi connectivity index (χ2n) is 2.09. The van der Waals surface area contributed by atoms with Gasteiger partial charge in [-0.05, 0) is 0 Å². The van der Waals surface area contributed by atoms with E-state index in [9.17, 15) is 0 Å². The van der Waals surface area contributed by atoms with Gasteiger partial charge in [0.25, 0.3) is 0 Å². The number of nitrogens with zero attached hydrogens (tertiary/aromatic N) is 1. The van der Waals surface area contributed by atoms with Gasteiger partial charge in [-0.25, -0.2) is 0 Å². The first-order chi connectivity index (χ1) is 5.43. The van der Waals surface area contributed by atoms with E-state index in [0.29, 0.717) is 15.0 Å². The topological polar surface area (TPSA) is 12.9 Å². The number of rotatable bonds is 3. The van der Waals surface area contributed by atoms with Crippen LogP contribution in [0.3, 0.4) is 0 Å². The molecule has 1 heterocycles. The second kappa shape index (κ2) is 5.11. The second-order valence-corrected chi connectivity index (χ2v) is 4.14. The first kappa shape index (κ1) is 8.51. The SMILES string of the molecule is CCC=C[Se]c1cccnc1. The summed E-state index contributed by atoms with van der Waals surface area (Å²) in [5.41, 5.74) is 0. The minimum absolute atomic E-state index is 0.476. The summed E-state index contributed by atoms with van der Waals surface area (Å²) < 4.78 is 1.34. The van der Waals surface area contributed by atoms with Crippen LogP contribution in [0.5, 0.6) is 0 Å². The van der Waals surface area contributed by atoms with Crippen molar-refractivity contribution in [2.45, 2.75) is 13.3 Å². The van der Waals surface area contributed by atoms with Gasteiger partial charge in [0.1, 0.15) is 0 Å². The zero-order valence-corrected chi connectivity index (χ0v) is 8.24. The number of aromatic nitrogens is 1. The van der Waals surface area contributed by atoms with Crippen LogP contribution >= 0.6 is 0 Å². The zero-order chi connectivity index (χ0) is 7.94. The van der Waals surface area contributed by atoms with Gasteiger partial charge < -0.3 is 0 Å². The molecule has 1 aromatic rings. The Bertz CT molecular complexity index is 218. The summed E-state index contributed by atoms with van der Waals surface area (Å²) in [6, 6.07) is 4.10. The Hall–Kier alpha value is -0.591. The van der Waals surface area contributed by atoms with Crippen LogP contribution in [-0.4, -0.2) is 19.9 Å². The molecule has 0 aliphatic rings. The summed E-state index contributed by atoms with van der Waals surface area (Å²) in [4.78, 5) is 6.29. The molecule has 11 heavy (non-hydrogen) atoms. The van der Waals surface area contributed by atoms with Crippen molar-refractivity contribution in [2.75, 3.05) is 0 Å². The van der Waals surface area contributed by atoms with Gasteiger partial charge in [0, 0.05) is 0 Å². The van der Waals surface area contributed by atoms with E-state index in [2.05, 4.69) is 29.0 Å². The molecular formula is C9H11NSe. The van der Waals surface area contributed by atoms with Gasteiger partial charge in [0.05, 0.1) is 0 Å². The van der Waals surface area contributed by atoms with Crippen molar-refractivity contribution in [3.05, 3.63) is 35.6 Å². The van der Waals surface area contributed by atoms with E-state index in [1.807, 2.05) is 18.5 Å². The fourth-order valence-corrected chi connectivity index (χ4v) is 2.16. The molecule has 0 atom stereocenters. The van der Waals surface area contributed by atoms with Crippen molar-refractivity contribution in [3.8, 4) is 0 Å². The van der Waals surface area contributed by atoms with E-state index in [0.717, 1.165) is 6.42 Å². The normalized spacial score (nSPS) is 10.6. The van der Waals surface area contributed by atoms with Crippen LogP contribution in [0.25, 0.3) is 0 Å². The molecule has 0 unspecified atom stereocenters. The van der Waals surface area contributed by atoms with Crippen molar-refractivity contribution >= 4 is 19.4 Å².